The molecular weight excluding hydrogens is 529 g/mol. The Morgan fingerprint density at radius 3 is 2.54 bits per heavy atom. The summed E-state index contributed by atoms with van der Waals surface area (Å²) in [4.78, 5) is 19.5. The van der Waals surface area contributed by atoms with Gasteiger partial charge in [0.25, 0.3) is 5.91 Å². The van der Waals surface area contributed by atoms with Crippen molar-refractivity contribution in [2.24, 2.45) is 7.05 Å². The molecule has 1 aliphatic heterocycles. The minimum absolute atomic E-state index is 0.0150. The van der Waals surface area contributed by atoms with E-state index in [1.165, 1.54) is 11.0 Å². The third kappa shape index (κ3) is 4.42. The second-order valence-corrected chi connectivity index (χ2v) is 10.0. The van der Waals surface area contributed by atoms with Crippen LogP contribution in [0.5, 0.6) is 0 Å². The molecule has 2 aromatic heterocycles. The molecule has 2 aromatic carbocycles. The molecule has 0 radical (unpaired) electrons. The molecule has 7 nitrogen and oxygen atoms in total. The molecular formula is C28H20ClF3N6O. The number of aryl methyl sites for hydroxylation is 1. The van der Waals surface area contributed by atoms with Crippen molar-refractivity contribution in [3.8, 4) is 28.6 Å². The number of halogens is 4. The fraction of sp³-hybridized carbons (Fsp3) is 0.250. The molecule has 0 saturated heterocycles. The van der Waals surface area contributed by atoms with Gasteiger partial charge in [-0.1, -0.05) is 6.07 Å². The van der Waals surface area contributed by atoms with Crippen molar-refractivity contribution in [2.45, 2.75) is 37.4 Å². The predicted octanol–water partition coefficient (Wildman–Crippen LogP) is 6.21. The Kier molecular flexibility index (Phi) is 5.92. The first-order valence-electron chi connectivity index (χ1n) is 12.2. The van der Waals surface area contributed by atoms with Crippen LogP contribution in [0.15, 0.2) is 48.8 Å². The Hall–Kier alpha value is -4.23. The number of pyridine rings is 1. The van der Waals surface area contributed by atoms with E-state index in [-0.39, 0.29) is 40.9 Å². The van der Waals surface area contributed by atoms with E-state index in [9.17, 15) is 23.2 Å². The lowest BCUT2D eigenvalue weighted by Crippen LogP contribution is -2.24. The highest BCUT2D eigenvalue weighted by molar-refractivity contribution is 6.17. The molecule has 2 aliphatic rings. The van der Waals surface area contributed by atoms with Crippen LogP contribution in [-0.4, -0.2) is 25.7 Å². The summed E-state index contributed by atoms with van der Waals surface area (Å²) in [5, 5.41) is 17.7. The number of benzene rings is 2. The van der Waals surface area contributed by atoms with E-state index in [1.54, 1.807) is 42.2 Å². The van der Waals surface area contributed by atoms with Crippen LogP contribution in [0.1, 0.15) is 57.1 Å². The van der Waals surface area contributed by atoms with Crippen LogP contribution in [0, 0.1) is 11.3 Å². The Morgan fingerprint density at radius 2 is 1.90 bits per heavy atom. The quantitative estimate of drug-likeness (QED) is 0.277. The predicted molar refractivity (Wildman–Crippen MR) is 138 cm³/mol. The van der Waals surface area contributed by atoms with Gasteiger partial charge in [-0.2, -0.15) is 18.4 Å². The third-order valence-corrected chi connectivity index (χ3v) is 7.39. The van der Waals surface area contributed by atoms with Crippen molar-refractivity contribution in [3.05, 3.63) is 82.3 Å². The SMILES string of the molecule is Cn1cnnc1-c1cc(C#N)ccc1-c1cc(C2CC2)nc(N2Cc3c(cc(CCl)cc3C(F)(F)F)C2=O)c1. The lowest BCUT2D eigenvalue weighted by Gasteiger charge is -2.19. The molecule has 39 heavy (non-hydrogen) atoms. The van der Waals surface area contributed by atoms with E-state index >= 15 is 0 Å². The average molecular weight is 549 g/mol. The molecule has 1 fully saturated rings. The number of anilines is 1. The summed E-state index contributed by atoms with van der Waals surface area (Å²) in [6, 6.07) is 13.4. The number of fused-ring (bicyclic) bond motifs is 1. The smallest absolute Gasteiger partial charge is 0.317 e. The first-order valence-corrected chi connectivity index (χ1v) is 12.7. The number of hydrogen-bond acceptors (Lipinski definition) is 5. The van der Waals surface area contributed by atoms with Gasteiger partial charge in [0, 0.05) is 35.7 Å². The molecule has 1 amide bonds. The fourth-order valence-corrected chi connectivity index (χ4v) is 5.13. The Bertz CT molecular complexity index is 1690. The van der Waals surface area contributed by atoms with Gasteiger partial charge in [0.1, 0.15) is 12.1 Å². The van der Waals surface area contributed by atoms with Crippen molar-refractivity contribution < 1.29 is 18.0 Å². The van der Waals surface area contributed by atoms with Gasteiger partial charge >= 0.3 is 6.18 Å². The van der Waals surface area contributed by atoms with Crippen molar-refractivity contribution in [3.63, 3.8) is 0 Å². The number of nitrogens with zero attached hydrogens (tertiary/aromatic N) is 6. The lowest BCUT2D eigenvalue weighted by atomic mass is 9.96. The van der Waals surface area contributed by atoms with E-state index in [0.29, 0.717) is 22.5 Å². The van der Waals surface area contributed by atoms with Crippen molar-refractivity contribution >= 4 is 23.3 Å². The number of carbonyl (C=O) groups is 1. The van der Waals surface area contributed by atoms with Gasteiger partial charge in [0.2, 0.25) is 0 Å². The van der Waals surface area contributed by atoms with E-state index < -0.39 is 17.6 Å². The van der Waals surface area contributed by atoms with Crippen LogP contribution in [0.3, 0.4) is 0 Å². The number of nitriles is 1. The van der Waals surface area contributed by atoms with Crippen molar-refractivity contribution in [2.75, 3.05) is 4.90 Å². The van der Waals surface area contributed by atoms with Gasteiger partial charge in [-0.05, 0) is 71.5 Å². The Balaban J connectivity index is 1.50. The third-order valence-electron chi connectivity index (χ3n) is 7.08. The molecule has 0 unspecified atom stereocenters. The standard InChI is InChI=1S/C28H20ClF3N6O/c1-37-14-34-36-26(37)20-6-15(12-33)2-5-19(20)18-9-24(17-3-4-17)35-25(10-18)38-13-22-21(27(38)39)7-16(11-29)8-23(22)28(30,31)32/h2,5-10,14,17H,3-4,11,13H2,1H3. The molecule has 0 atom stereocenters. The van der Waals surface area contributed by atoms with E-state index in [2.05, 4.69) is 16.3 Å². The largest absolute Gasteiger partial charge is 0.416 e. The number of alkyl halides is 4. The first kappa shape index (κ1) is 25.1. The van der Waals surface area contributed by atoms with Crippen LogP contribution in [-0.2, 0) is 25.6 Å². The number of rotatable bonds is 5. The van der Waals surface area contributed by atoms with E-state index in [4.69, 9.17) is 16.6 Å². The summed E-state index contributed by atoms with van der Waals surface area (Å²) in [6.45, 7) is -0.254. The summed E-state index contributed by atoms with van der Waals surface area (Å²) >= 11 is 5.86. The molecule has 0 bridgehead atoms. The summed E-state index contributed by atoms with van der Waals surface area (Å²) in [5.74, 6) is 0.314. The summed E-state index contributed by atoms with van der Waals surface area (Å²) in [6.07, 6.45) is -1.21. The number of amides is 1. The summed E-state index contributed by atoms with van der Waals surface area (Å²) in [7, 11) is 1.79. The minimum Gasteiger partial charge on any atom is -0.317 e. The average Bonchev–Trinajstić information content (AvgIpc) is 3.61. The molecule has 11 heteroatoms. The van der Waals surface area contributed by atoms with Gasteiger partial charge in [-0.3, -0.25) is 9.69 Å². The summed E-state index contributed by atoms with van der Waals surface area (Å²) < 4.78 is 43.5. The van der Waals surface area contributed by atoms with Crippen LogP contribution in [0.4, 0.5) is 19.0 Å². The molecule has 0 spiro atoms. The Labute approximate surface area is 226 Å². The topological polar surface area (TPSA) is 87.7 Å². The van der Waals surface area contributed by atoms with Crippen molar-refractivity contribution in [1.29, 1.82) is 5.26 Å². The van der Waals surface area contributed by atoms with Crippen LogP contribution >= 0.6 is 11.6 Å². The van der Waals surface area contributed by atoms with Gasteiger partial charge in [-0.25, -0.2) is 4.98 Å². The maximum atomic E-state index is 13.9. The number of aromatic nitrogens is 4. The molecule has 0 N–H and O–H groups in total. The van der Waals surface area contributed by atoms with E-state index in [0.717, 1.165) is 30.2 Å². The van der Waals surface area contributed by atoms with Gasteiger partial charge < -0.3 is 4.57 Å². The summed E-state index contributed by atoms with van der Waals surface area (Å²) in [5.41, 5.74) is 2.58. The molecule has 4 aromatic rings. The second-order valence-electron chi connectivity index (χ2n) is 9.74. The van der Waals surface area contributed by atoms with Crippen LogP contribution in [0.2, 0.25) is 0 Å². The van der Waals surface area contributed by atoms with Crippen molar-refractivity contribution in [1.82, 2.24) is 19.7 Å². The Morgan fingerprint density at radius 1 is 1.10 bits per heavy atom. The van der Waals surface area contributed by atoms with Crippen LogP contribution in [0.25, 0.3) is 22.5 Å². The minimum atomic E-state index is -4.63. The zero-order chi connectivity index (χ0) is 27.5. The zero-order valence-corrected chi connectivity index (χ0v) is 21.4. The highest BCUT2D eigenvalue weighted by atomic mass is 35.5. The number of hydrogen-bond donors (Lipinski definition) is 0. The number of carbonyl (C=O) groups excluding carboxylic acids is 1. The lowest BCUT2D eigenvalue weighted by molar-refractivity contribution is -0.138. The van der Waals surface area contributed by atoms with E-state index in [1.807, 2.05) is 6.07 Å². The normalized spacial score (nSPS) is 15.0. The molecule has 1 saturated carbocycles. The molecule has 6 rings (SSSR count). The highest BCUT2D eigenvalue weighted by Crippen LogP contribution is 2.44. The monoisotopic (exact) mass is 548 g/mol. The van der Waals surface area contributed by atoms with Crippen LogP contribution < -0.4 is 4.90 Å². The fourth-order valence-electron chi connectivity index (χ4n) is 4.98. The zero-order valence-electron chi connectivity index (χ0n) is 20.6. The second kappa shape index (κ2) is 9.20. The highest BCUT2D eigenvalue weighted by Gasteiger charge is 2.41. The first-order chi connectivity index (χ1) is 18.7. The maximum absolute atomic E-state index is 13.9. The molecule has 3 heterocycles. The molecule has 196 valence electrons. The molecule has 1 aliphatic carbocycles. The van der Waals surface area contributed by atoms with Gasteiger partial charge in [-0.15, -0.1) is 21.8 Å². The van der Waals surface area contributed by atoms with Gasteiger partial charge in [0.15, 0.2) is 5.82 Å². The van der Waals surface area contributed by atoms with Gasteiger partial charge in [0.05, 0.1) is 23.7 Å². The maximum Gasteiger partial charge on any atom is 0.416 e.